The van der Waals surface area contributed by atoms with Gasteiger partial charge in [0.05, 0.1) is 0 Å². The average Bonchev–Trinajstić information content (AvgIpc) is 2.02. The van der Waals surface area contributed by atoms with Crippen molar-refractivity contribution >= 4 is 12.1 Å². The fourth-order valence-corrected chi connectivity index (χ4v) is 2.91. The molecule has 76 valence electrons. The van der Waals surface area contributed by atoms with Crippen LogP contribution >= 0.6 is 12.1 Å². The number of nitrogens with zero attached hydrogens (tertiary/aromatic N) is 2. The van der Waals surface area contributed by atoms with Crippen LogP contribution in [0.15, 0.2) is 0 Å². The molecule has 2 heterocycles. The van der Waals surface area contributed by atoms with Crippen molar-refractivity contribution in [1.29, 1.82) is 0 Å². The Kier molecular flexibility index (Phi) is 2.83. The topological polar surface area (TPSA) is 18.5 Å². The lowest BCUT2D eigenvalue weighted by atomic mass is 9.74. The van der Waals surface area contributed by atoms with Gasteiger partial charge in [-0.3, -0.25) is 0 Å². The van der Waals surface area contributed by atoms with Gasteiger partial charge in [-0.2, -0.15) is 0 Å². The Bertz CT molecular complexity index is 170. The molecule has 2 fully saturated rings. The lowest BCUT2D eigenvalue weighted by Crippen LogP contribution is -2.57. The second kappa shape index (κ2) is 3.77. The monoisotopic (exact) mass is 201 g/mol. The van der Waals surface area contributed by atoms with E-state index in [1.165, 1.54) is 39.0 Å². The fraction of sp³-hybridized carbons (Fsp3) is 1.00. The first-order chi connectivity index (χ1) is 6.20. The number of rotatable bonds is 2. The minimum atomic E-state index is 0.684. The molecule has 0 aliphatic carbocycles. The van der Waals surface area contributed by atoms with Crippen LogP contribution in [0.5, 0.6) is 0 Å². The van der Waals surface area contributed by atoms with Crippen LogP contribution in [0.4, 0.5) is 0 Å². The highest BCUT2D eigenvalue weighted by atomic mass is 32.2. The molecule has 2 aliphatic heterocycles. The molecule has 0 aromatic carbocycles. The predicted octanol–water partition coefficient (Wildman–Crippen LogP) is 0.797. The second-order valence-corrected chi connectivity index (χ2v) is 5.84. The van der Waals surface area contributed by atoms with E-state index in [1.54, 1.807) is 0 Å². The van der Waals surface area contributed by atoms with Crippen molar-refractivity contribution in [1.82, 2.24) is 13.9 Å². The molecule has 13 heavy (non-hydrogen) atoms. The number of hydrogen-bond acceptors (Lipinski definition) is 4. The molecular weight excluding hydrogens is 182 g/mol. The summed E-state index contributed by atoms with van der Waals surface area (Å²) in [7, 11) is 4.22. The Labute approximate surface area is 85.1 Å². The minimum absolute atomic E-state index is 0.684. The summed E-state index contributed by atoms with van der Waals surface area (Å²) < 4.78 is 4.65. The first kappa shape index (κ1) is 9.77. The Morgan fingerprint density at radius 3 is 2.23 bits per heavy atom. The van der Waals surface area contributed by atoms with Crippen molar-refractivity contribution in [2.24, 2.45) is 5.41 Å². The molecule has 0 bridgehead atoms. The van der Waals surface area contributed by atoms with Gasteiger partial charge in [0.2, 0.25) is 0 Å². The largest absolute Gasteiger partial charge is 0.316 e. The summed E-state index contributed by atoms with van der Waals surface area (Å²) in [6.07, 6.45) is 2.75. The maximum absolute atomic E-state index is 3.39. The van der Waals surface area contributed by atoms with Crippen LogP contribution in [-0.2, 0) is 0 Å². The molecule has 1 spiro atoms. The van der Waals surface area contributed by atoms with Gasteiger partial charge >= 0.3 is 0 Å². The molecule has 0 radical (unpaired) electrons. The molecule has 4 heteroatoms. The van der Waals surface area contributed by atoms with E-state index in [9.17, 15) is 0 Å². The summed E-state index contributed by atoms with van der Waals surface area (Å²) in [6.45, 7) is 5.02. The van der Waals surface area contributed by atoms with Crippen molar-refractivity contribution in [2.75, 3.05) is 40.3 Å². The number of piperidine rings is 1. The first-order valence-electron chi connectivity index (χ1n) is 5.01. The Hall–Kier alpha value is 0.230. The summed E-state index contributed by atoms with van der Waals surface area (Å²) in [5.41, 5.74) is 0.684. The van der Waals surface area contributed by atoms with E-state index in [1.807, 2.05) is 12.1 Å². The Morgan fingerprint density at radius 1 is 1.23 bits per heavy atom. The zero-order valence-electron chi connectivity index (χ0n) is 8.55. The van der Waals surface area contributed by atoms with Gasteiger partial charge in [0.1, 0.15) is 0 Å². The third-order valence-corrected chi connectivity index (χ3v) is 3.98. The van der Waals surface area contributed by atoms with Crippen LogP contribution in [0.25, 0.3) is 0 Å². The van der Waals surface area contributed by atoms with Gasteiger partial charge < -0.3 is 5.32 Å². The van der Waals surface area contributed by atoms with Gasteiger partial charge in [-0.1, -0.05) is 0 Å². The quantitative estimate of drug-likeness (QED) is 0.666. The van der Waals surface area contributed by atoms with Gasteiger partial charge in [0, 0.05) is 38.3 Å². The van der Waals surface area contributed by atoms with E-state index >= 15 is 0 Å². The lowest BCUT2D eigenvalue weighted by Gasteiger charge is -2.48. The summed E-state index contributed by atoms with van der Waals surface area (Å²) in [4.78, 5) is 0. The number of nitrogens with one attached hydrogen (secondary N) is 1. The highest BCUT2D eigenvalue weighted by molar-refractivity contribution is 7.94. The standard InChI is InChI=1S/C9H19N3S/c1-11(2)13-12-5-3-9(4-6-12)7-10-8-9/h10H,3-8H2,1-2H3. The van der Waals surface area contributed by atoms with Crippen molar-refractivity contribution in [3.05, 3.63) is 0 Å². The van der Waals surface area contributed by atoms with Crippen molar-refractivity contribution < 1.29 is 0 Å². The maximum Gasteiger partial charge on any atom is 0.0108 e. The average molecular weight is 201 g/mol. The maximum atomic E-state index is 3.39. The summed E-state index contributed by atoms with van der Waals surface area (Å²) >= 11 is 1.86. The zero-order chi connectivity index (χ0) is 9.31. The van der Waals surface area contributed by atoms with Crippen LogP contribution < -0.4 is 5.32 Å². The molecule has 2 rings (SSSR count). The van der Waals surface area contributed by atoms with E-state index in [0.717, 1.165) is 0 Å². The predicted molar refractivity (Wildman–Crippen MR) is 57.4 cm³/mol. The Balaban J connectivity index is 1.76. The van der Waals surface area contributed by atoms with Crippen LogP contribution in [-0.4, -0.2) is 48.9 Å². The highest BCUT2D eigenvalue weighted by Gasteiger charge is 2.39. The molecule has 0 unspecified atom stereocenters. The third kappa shape index (κ3) is 2.18. The van der Waals surface area contributed by atoms with Gasteiger partial charge in [-0.05, 0) is 32.4 Å². The van der Waals surface area contributed by atoms with E-state index in [2.05, 4.69) is 28.0 Å². The summed E-state index contributed by atoms with van der Waals surface area (Å²) in [6, 6.07) is 0. The van der Waals surface area contributed by atoms with Gasteiger partial charge in [-0.25, -0.2) is 8.61 Å². The SMILES string of the molecule is CN(C)SN1CCC2(CC1)CNC2. The molecule has 2 aliphatic rings. The molecule has 0 aromatic rings. The third-order valence-electron chi connectivity index (χ3n) is 3.06. The van der Waals surface area contributed by atoms with E-state index in [-0.39, 0.29) is 0 Å². The highest BCUT2D eigenvalue weighted by Crippen LogP contribution is 2.36. The fourth-order valence-electron chi connectivity index (χ4n) is 2.11. The molecular formula is C9H19N3S. The smallest absolute Gasteiger partial charge is 0.0108 e. The zero-order valence-corrected chi connectivity index (χ0v) is 9.36. The van der Waals surface area contributed by atoms with Gasteiger partial charge in [-0.15, -0.1) is 0 Å². The van der Waals surface area contributed by atoms with Crippen LogP contribution in [0, 0.1) is 5.41 Å². The first-order valence-corrected chi connectivity index (χ1v) is 5.74. The van der Waals surface area contributed by atoms with E-state index in [0.29, 0.717) is 5.41 Å². The molecule has 3 nitrogen and oxygen atoms in total. The van der Waals surface area contributed by atoms with Gasteiger partial charge in [0.15, 0.2) is 0 Å². The Morgan fingerprint density at radius 2 is 1.85 bits per heavy atom. The summed E-state index contributed by atoms with van der Waals surface area (Å²) in [5.74, 6) is 0. The molecule has 0 amide bonds. The molecule has 0 aromatic heterocycles. The molecule has 2 saturated heterocycles. The van der Waals surface area contributed by atoms with Crippen LogP contribution in [0.1, 0.15) is 12.8 Å². The molecule has 0 atom stereocenters. The van der Waals surface area contributed by atoms with Crippen molar-refractivity contribution in [3.63, 3.8) is 0 Å². The van der Waals surface area contributed by atoms with Crippen molar-refractivity contribution in [2.45, 2.75) is 12.8 Å². The second-order valence-electron chi connectivity index (χ2n) is 4.43. The van der Waals surface area contributed by atoms with Crippen LogP contribution in [0.2, 0.25) is 0 Å². The van der Waals surface area contributed by atoms with Crippen LogP contribution in [0.3, 0.4) is 0 Å². The van der Waals surface area contributed by atoms with E-state index in [4.69, 9.17) is 0 Å². The van der Waals surface area contributed by atoms with Crippen molar-refractivity contribution in [3.8, 4) is 0 Å². The van der Waals surface area contributed by atoms with E-state index < -0.39 is 0 Å². The molecule has 0 saturated carbocycles. The number of hydrogen-bond donors (Lipinski definition) is 1. The normalized spacial score (nSPS) is 27.9. The molecule has 1 N–H and O–H groups in total. The summed E-state index contributed by atoms with van der Waals surface area (Å²) in [5, 5.41) is 3.39. The van der Waals surface area contributed by atoms with Gasteiger partial charge in [0.25, 0.3) is 0 Å². The minimum Gasteiger partial charge on any atom is -0.316 e. The lowest BCUT2D eigenvalue weighted by molar-refractivity contribution is 0.0897.